The Kier molecular flexibility index (Phi) is 5.02. The zero-order chi connectivity index (χ0) is 13.9. The highest BCUT2D eigenvalue weighted by Gasteiger charge is 2.30. The molecule has 1 aromatic carbocycles. The number of hydrazine groups is 1. The fourth-order valence-electron chi connectivity index (χ4n) is 1.40. The van der Waals surface area contributed by atoms with Crippen molar-refractivity contribution in [3.8, 4) is 0 Å². The van der Waals surface area contributed by atoms with Crippen molar-refractivity contribution in [2.45, 2.75) is 32.7 Å². The lowest BCUT2D eigenvalue weighted by atomic mass is 10.0. The van der Waals surface area contributed by atoms with Crippen LogP contribution in [0.25, 0.3) is 0 Å². The predicted octanol–water partition coefficient (Wildman–Crippen LogP) is 3.97. The number of halogens is 2. The summed E-state index contributed by atoms with van der Waals surface area (Å²) in [5.41, 5.74) is 0.262. The first-order chi connectivity index (χ1) is 8.29. The Bertz CT molecular complexity index is 418. The Balaban J connectivity index is 2.87. The maximum Gasteiger partial charge on any atom is 0.268 e. The van der Waals surface area contributed by atoms with Gasteiger partial charge in [0.2, 0.25) is 0 Å². The third kappa shape index (κ3) is 3.37. The van der Waals surface area contributed by atoms with Gasteiger partial charge in [0.25, 0.3) is 5.91 Å². The van der Waals surface area contributed by atoms with Crippen molar-refractivity contribution in [2.24, 2.45) is 0 Å². The Hall–Kier alpha value is -0.770. The Labute approximate surface area is 118 Å². The van der Waals surface area contributed by atoms with Crippen LogP contribution in [0.3, 0.4) is 0 Å². The van der Waals surface area contributed by atoms with Crippen LogP contribution in [0.15, 0.2) is 24.3 Å². The summed E-state index contributed by atoms with van der Waals surface area (Å²) in [6.45, 7) is 5.98. The van der Waals surface area contributed by atoms with Crippen molar-refractivity contribution in [3.05, 3.63) is 34.9 Å². The molecule has 0 aliphatic carbocycles. The standard InChI is InChI=1S/C13H18Cl2N2O/c1-5-13(2,3)17(15)16(4)12(18)10-6-8-11(14)9-7-10/h6-9H,5H2,1-4H3. The van der Waals surface area contributed by atoms with Crippen LogP contribution in [0, 0.1) is 0 Å². The number of rotatable bonds is 4. The van der Waals surface area contributed by atoms with Gasteiger partial charge in [-0.15, -0.1) is 4.53 Å². The summed E-state index contributed by atoms with van der Waals surface area (Å²) < 4.78 is 1.43. The van der Waals surface area contributed by atoms with E-state index >= 15 is 0 Å². The fourth-order valence-corrected chi connectivity index (χ4v) is 1.71. The third-order valence-corrected chi connectivity index (χ3v) is 3.95. The van der Waals surface area contributed by atoms with Gasteiger partial charge in [0.15, 0.2) is 0 Å². The van der Waals surface area contributed by atoms with E-state index in [1.807, 2.05) is 20.8 Å². The maximum absolute atomic E-state index is 12.2. The molecule has 1 amide bonds. The average Bonchev–Trinajstić information content (AvgIpc) is 2.37. The van der Waals surface area contributed by atoms with Gasteiger partial charge in [0.1, 0.15) is 0 Å². The summed E-state index contributed by atoms with van der Waals surface area (Å²) in [6, 6.07) is 6.74. The molecule has 0 bridgehead atoms. The average molecular weight is 289 g/mol. The molecule has 1 rings (SSSR count). The van der Waals surface area contributed by atoms with Gasteiger partial charge in [-0.25, -0.2) is 0 Å². The van der Waals surface area contributed by atoms with Crippen LogP contribution < -0.4 is 0 Å². The number of carbonyl (C=O) groups is 1. The van der Waals surface area contributed by atoms with E-state index in [9.17, 15) is 4.79 Å². The molecule has 0 atom stereocenters. The van der Waals surface area contributed by atoms with Crippen molar-refractivity contribution < 1.29 is 4.79 Å². The first-order valence-corrected chi connectivity index (χ1v) is 6.50. The number of hydrogen-bond donors (Lipinski definition) is 0. The van der Waals surface area contributed by atoms with Crippen LogP contribution in [0.4, 0.5) is 0 Å². The van der Waals surface area contributed by atoms with Crippen LogP contribution in [-0.4, -0.2) is 28.0 Å². The SMILES string of the molecule is CCC(C)(C)N(Cl)N(C)C(=O)c1ccc(Cl)cc1. The summed E-state index contributed by atoms with van der Waals surface area (Å²) in [6.07, 6.45) is 0.828. The molecule has 5 heteroatoms. The Morgan fingerprint density at radius 2 is 1.78 bits per heavy atom. The van der Waals surface area contributed by atoms with Crippen molar-refractivity contribution in [1.82, 2.24) is 9.54 Å². The van der Waals surface area contributed by atoms with Crippen molar-refractivity contribution in [3.63, 3.8) is 0 Å². The van der Waals surface area contributed by atoms with Crippen LogP contribution in [0.5, 0.6) is 0 Å². The lowest BCUT2D eigenvalue weighted by Gasteiger charge is -2.37. The Morgan fingerprint density at radius 1 is 1.28 bits per heavy atom. The molecule has 0 fully saturated rings. The summed E-state index contributed by atoms with van der Waals surface area (Å²) in [7, 11) is 1.65. The Morgan fingerprint density at radius 3 is 2.22 bits per heavy atom. The molecule has 0 aromatic heterocycles. The van der Waals surface area contributed by atoms with E-state index in [-0.39, 0.29) is 11.4 Å². The number of hydrogen-bond acceptors (Lipinski definition) is 2. The normalized spacial score (nSPS) is 11.7. The first-order valence-electron chi connectivity index (χ1n) is 5.79. The second-order valence-electron chi connectivity index (χ2n) is 4.76. The van der Waals surface area contributed by atoms with E-state index in [1.54, 1.807) is 31.3 Å². The molecular formula is C13H18Cl2N2O. The van der Waals surface area contributed by atoms with E-state index in [0.717, 1.165) is 6.42 Å². The van der Waals surface area contributed by atoms with Crippen LogP contribution in [0.2, 0.25) is 5.02 Å². The van der Waals surface area contributed by atoms with Gasteiger partial charge >= 0.3 is 0 Å². The number of nitrogens with zero attached hydrogens (tertiary/aromatic N) is 2. The first kappa shape index (κ1) is 15.3. The molecule has 0 saturated heterocycles. The van der Waals surface area contributed by atoms with Gasteiger partial charge < -0.3 is 0 Å². The molecule has 0 radical (unpaired) electrons. The topological polar surface area (TPSA) is 23.6 Å². The molecule has 3 nitrogen and oxygen atoms in total. The van der Waals surface area contributed by atoms with Crippen LogP contribution >= 0.6 is 23.4 Å². The van der Waals surface area contributed by atoms with Gasteiger partial charge in [-0.1, -0.05) is 18.5 Å². The van der Waals surface area contributed by atoms with Crippen molar-refractivity contribution in [1.29, 1.82) is 0 Å². The number of benzene rings is 1. The second kappa shape index (κ2) is 5.91. The highest BCUT2D eigenvalue weighted by atomic mass is 35.5. The summed E-state index contributed by atoms with van der Waals surface area (Å²) in [5, 5.41) is 2.01. The monoisotopic (exact) mass is 288 g/mol. The molecule has 0 heterocycles. The van der Waals surface area contributed by atoms with Gasteiger partial charge in [-0.3, -0.25) is 9.80 Å². The predicted molar refractivity (Wildman–Crippen MR) is 75.6 cm³/mol. The molecule has 1 aromatic rings. The number of carbonyl (C=O) groups excluding carboxylic acids is 1. The van der Waals surface area contributed by atoms with Gasteiger partial charge in [0.05, 0.1) is 5.54 Å². The van der Waals surface area contributed by atoms with Crippen LogP contribution in [0.1, 0.15) is 37.6 Å². The smallest absolute Gasteiger partial charge is 0.268 e. The zero-order valence-corrected chi connectivity index (χ0v) is 12.6. The minimum absolute atomic E-state index is 0.164. The minimum atomic E-state index is -0.293. The molecule has 100 valence electrons. The summed E-state index contributed by atoms with van der Waals surface area (Å²) >= 11 is 12.0. The third-order valence-electron chi connectivity index (χ3n) is 3.01. The summed E-state index contributed by atoms with van der Waals surface area (Å²) in [5.74, 6) is -0.164. The van der Waals surface area contributed by atoms with Gasteiger partial charge in [0, 0.05) is 29.4 Å². The fraction of sp³-hybridized carbons (Fsp3) is 0.462. The lowest BCUT2D eigenvalue weighted by molar-refractivity contribution is 0.00945. The molecule has 0 spiro atoms. The van der Waals surface area contributed by atoms with E-state index in [4.69, 9.17) is 23.4 Å². The maximum atomic E-state index is 12.2. The van der Waals surface area contributed by atoms with Gasteiger partial charge in [-0.05, 0) is 44.5 Å². The molecule has 0 saturated carbocycles. The minimum Gasteiger partial charge on any atom is -0.268 e. The van der Waals surface area contributed by atoms with Gasteiger partial charge in [-0.2, -0.15) is 0 Å². The van der Waals surface area contributed by atoms with E-state index in [0.29, 0.717) is 10.6 Å². The molecular weight excluding hydrogens is 271 g/mol. The van der Waals surface area contributed by atoms with Crippen molar-refractivity contribution >= 4 is 29.3 Å². The van der Waals surface area contributed by atoms with E-state index < -0.39 is 0 Å². The zero-order valence-electron chi connectivity index (χ0n) is 11.1. The highest BCUT2D eigenvalue weighted by molar-refractivity contribution is 6.30. The molecule has 0 aliphatic heterocycles. The molecule has 18 heavy (non-hydrogen) atoms. The van der Waals surface area contributed by atoms with E-state index in [2.05, 4.69) is 0 Å². The number of amides is 1. The lowest BCUT2D eigenvalue weighted by Crippen LogP contribution is -2.49. The quantitative estimate of drug-likeness (QED) is 0.618. The molecule has 0 aliphatic rings. The second-order valence-corrected chi connectivity index (χ2v) is 5.52. The summed E-state index contributed by atoms with van der Waals surface area (Å²) in [4.78, 5) is 12.2. The largest absolute Gasteiger partial charge is 0.268 e. The highest BCUT2D eigenvalue weighted by Crippen LogP contribution is 2.23. The van der Waals surface area contributed by atoms with Crippen molar-refractivity contribution in [2.75, 3.05) is 7.05 Å². The molecule has 0 N–H and O–H groups in total. The van der Waals surface area contributed by atoms with E-state index in [1.165, 1.54) is 9.54 Å². The molecule has 0 unspecified atom stereocenters. The van der Waals surface area contributed by atoms with Crippen LogP contribution in [-0.2, 0) is 0 Å².